The lowest BCUT2D eigenvalue weighted by Crippen LogP contribution is -2.36. The summed E-state index contributed by atoms with van der Waals surface area (Å²) in [6, 6.07) is 7.14. The molecule has 1 aromatic rings. The SMILES string of the molecule is CN1c2ccc(Br)cc2SCC1CCCN. The quantitative estimate of drug-likeness (QED) is 0.930. The highest BCUT2D eigenvalue weighted by Crippen LogP contribution is 2.39. The summed E-state index contributed by atoms with van der Waals surface area (Å²) in [7, 11) is 2.19. The van der Waals surface area contributed by atoms with Gasteiger partial charge in [0.15, 0.2) is 0 Å². The largest absolute Gasteiger partial charge is 0.370 e. The topological polar surface area (TPSA) is 29.3 Å². The van der Waals surface area contributed by atoms with E-state index in [-0.39, 0.29) is 0 Å². The first-order valence-electron chi connectivity index (χ1n) is 5.57. The third-order valence-electron chi connectivity index (χ3n) is 3.02. The highest BCUT2D eigenvalue weighted by atomic mass is 79.9. The number of nitrogens with zero attached hydrogens (tertiary/aromatic N) is 1. The Morgan fingerprint density at radius 2 is 2.38 bits per heavy atom. The van der Waals surface area contributed by atoms with Crippen LogP contribution in [-0.4, -0.2) is 25.4 Å². The molecule has 0 spiro atoms. The number of benzene rings is 1. The first-order chi connectivity index (χ1) is 7.72. The molecule has 1 unspecified atom stereocenters. The Bertz CT molecular complexity index is 370. The van der Waals surface area contributed by atoms with Crippen molar-refractivity contribution in [2.24, 2.45) is 5.73 Å². The number of hydrogen-bond donors (Lipinski definition) is 1. The lowest BCUT2D eigenvalue weighted by atomic mass is 10.1. The Morgan fingerprint density at radius 1 is 1.56 bits per heavy atom. The highest BCUT2D eigenvalue weighted by molar-refractivity contribution is 9.10. The average Bonchev–Trinajstić information content (AvgIpc) is 2.28. The molecule has 2 nitrogen and oxygen atoms in total. The molecule has 16 heavy (non-hydrogen) atoms. The van der Waals surface area contributed by atoms with Crippen molar-refractivity contribution in [3.8, 4) is 0 Å². The molecule has 1 atom stereocenters. The van der Waals surface area contributed by atoms with E-state index >= 15 is 0 Å². The lowest BCUT2D eigenvalue weighted by molar-refractivity contribution is 0.599. The van der Waals surface area contributed by atoms with Crippen LogP contribution in [-0.2, 0) is 0 Å². The summed E-state index contributed by atoms with van der Waals surface area (Å²) in [5.41, 5.74) is 6.92. The fourth-order valence-corrected chi connectivity index (χ4v) is 3.86. The van der Waals surface area contributed by atoms with Crippen LogP contribution in [0.15, 0.2) is 27.6 Å². The third-order valence-corrected chi connectivity index (χ3v) is 4.70. The molecule has 1 aromatic carbocycles. The number of nitrogens with two attached hydrogens (primary N) is 1. The van der Waals surface area contributed by atoms with Crippen molar-refractivity contribution in [1.82, 2.24) is 0 Å². The molecule has 0 saturated heterocycles. The van der Waals surface area contributed by atoms with Crippen molar-refractivity contribution in [2.75, 3.05) is 24.2 Å². The van der Waals surface area contributed by atoms with Crippen LogP contribution in [0.4, 0.5) is 5.69 Å². The van der Waals surface area contributed by atoms with Gasteiger partial charge in [0.1, 0.15) is 0 Å². The van der Waals surface area contributed by atoms with E-state index in [2.05, 4.69) is 46.1 Å². The van der Waals surface area contributed by atoms with E-state index in [0.29, 0.717) is 6.04 Å². The molecular weight excluding hydrogens is 284 g/mol. The maximum atomic E-state index is 5.57. The van der Waals surface area contributed by atoms with Crippen LogP contribution in [0.25, 0.3) is 0 Å². The van der Waals surface area contributed by atoms with E-state index in [1.54, 1.807) is 0 Å². The summed E-state index contributed by atoms with van der Waals surface area (Å²) in [4.78, 5) is 3.77. The van der Waals surface area contributed by atoms with Gasteiger partial charge in [-0.25, -0.2) is 0 Å². The molecular formula is C12H17BrN2S. The van der Waals surface area contributed by atoms with Crippen LogP contribution in [0.3, 0.4) is 0 Å². The number of hydrogen-bond acceptors (Lipinski definition) is 3. The Morgan fingerprint density at radius 3 is 3.12 bits per heavy atom. The van der Waals surface area contributed by atoms with Gasteiger partial charge in [-0.1, -0.05) is 15.9 Å². The molecule has 88 valence electrons. The van der Waals surface area contributed by atoms with Crippen molar-refractivity contribution in [3.63, 3.8) is 0 Å². The van der Waals surface area contributed by atoms with Crippen LogP contribution >= 0.6 is 27.7 Å². The van der Waals surface area contributed by atoms with Gasteiger partial charge < -0.3 is 10.6 Å². The van der Waals surface area contributed by atoms with E-state index < -0.39 is 0 Å². The zero-order chi connectivity index (χ0) is 11.5. The molecule has 0 saturated carbocycles. The summed E-state index contributed by atoms with van der Waals surface area (Å²) in [5.74, 6) is 1.17. The number of anilines is 1. The number of thioether (sulfide) groups is 1. The van der Waals surface area contributed by atoms with Gasteiger partial charge in [-0.15, -0.1) is 11.8 Å². The normalized spacial score (nSPS) is 19.7. The van der Waals surface area contributed by atoms with Gasteiger partial charge in [0.25, 0.3) is 0 Å². The summed E-state index contributed by atoms with van der Waals surface area (Å²) >= 11 is 5.47. The van der Waals surface area contributed by atoms with Crippen molar-refractivity contribution >= 4 is 33.4 Å². The second kappa shape index (κ2) is 5.43. The standard InChI is InChI=1S/C12H17BrN2S/c1-15-10(3-2-6-14)8-16-12-7-9(13)4-5-11(12)15/h4-5,7,10H,2-3,6,8,14H2,1H3. The number of halogens is 1. The van der Waals surface area contributed by atoms with Crippen LogP contribution in [0.5, 0.6) is 0 Å². The number of rotatable bonds is 3. The van der Waals surface area contributed by atoms with Crippen LogP contribution in [0.2, 0.25) is 0 Å². The zero-order valence-electron chi connectivity index (χ0n) is 9.45. The minimum Gasteiger partial charge on any atom is -0.370 e. The van der Waals surface area contributed by atoms with Crippen molar-refractivity contribution in [2.45, 2.75) is 23.8 Å². The van der Waals surface area contributed by atoms with Gasteiger partial charge in [0, 0.05) is 28.2 Å². The molecule has 2 N–H and O–H groups in total. The fourth-order valence-electron chi connectivity index (χ4n) is 2.02. The smallest absolute Gasteiger partial charge is 0.0505 e. The molecule has 0 amide bonds. The predicted molar refractivity (Wildman–Crippen MR) is 75.3 cm³/mol. The summed E-state index contributed by atoms with van der Waals surface area (Å²) in [6.07, 6.45) is 2.30. The molecule has 1 heterocycles. The van der Waals surface area contributed by atoms with Crippen molar-refractivity contribution in [1.29, 1.82) is 0 Å². The predicted octanol–water partition coefficient (Wildman–Crippen LogP) is 3.10. The fraction of sp³-hybridized carbons (Fsp3) is 0.500. The van der Waals surface area contributed by atoms with Gasteiger partial charge >= 0.3 is 0 Å². The monoisotopic (exact) mass is 300 g/mol. The van der Waals surface area contributed by atoms with Gasteiger partial charge in [-0.2, -0.15) is 0 Å². The molecule has 1 aliphatic heterocycles. The van der Waals surface area contributed by atoms with Crippen LogP contribution in [0.1, 0.15) is 12.8 Å². The molecule has 2 rings (SSSR count). The first kappa shape index (κ1) is 12.3. The van der Waals surface area contributed by atoms with E-state index in [9.17, 15) is 0 Å². The van der Waals surface area contributed by atoms with E-state index in [1.165, 1.54) is 22.8 Å². The van der Waals surface area contributed by atoms with Gasteiger partial charge in [0.05, 0.1) is 5.69 Å². The van der Waals surface area contributed by atoms with E-state index in [1.807, 2.05) is 11.8 Å². The molecule has 0 radical (unpaired) electrons. The lowest BCUT2D eigenvalue weighted by Gasteiger charge is -2.35. The maximum absolute atomic E-state index is 5.57. The molecule has 0 aliphatic carbocycles. The minimum atomic E-state index is 0.627. The molecule has 0 bridgehead atoms. The molecule has 0 aromatic heterocycles. The molecule has 4 heteroatoms. The van der Waals surface area contributed by atoms with E-state index in [0.717, 1.165) is 17.4 Å². The van der Waals surface area contributed by atoms with E-state index in [4.69, 9.17) is 5.73 Å². The Kier molecular flexibility index (Phi) is 4.16. The highest BCUT2D eigenvalue weighted by Gasteiger charge is 2.23. The summed E-state index contributed by atoms with van der Waals surface area (Å²) in [5, 5.41) is 0. The van der Waals surface area contributed by atoms with Gasteiger partial charge in [-0.3, -0.25) is 0 Å². The van der Waals surface area contributed by atoms with Crippen LogP contribution < -0.4 is 10.6 Å². The Balaban J connectivity index is 2.15. The third kappa shape index (κ3) is 2.55. The first-order valence-corrected chi connectivity index (χ1v) is 7.35. The van der Waals surface area contributed by atoms with Gasteiger partial charge in [0.2, 0.25) is 0 Å². The Labute approximate surface area is 110 Å². The molecule has 0 fully saturated rings. The maximum Gasteiger partial charge on any atom is 0.0505 e. The number of fused-ring (bicyclic) bond motifs is 1. The summed E-state index contributed by atoms with van der Waals surface area (Å²) in [6.45, 7) is 0.794. The Hall–Kier alpha value is -0.190. The van der Waals surface area contributed by atoms with Crippen molar-refractivity contribution in [3.05, 3.63) is 22.7 Å². The second-order valence-electron chi connectivity index (χ2n) is 4.12. The average molecular weight is 301 g/mol. The van der Waals surface area contributed by atoms with Crippen molar-refractivity contribution < 1.29 is 0 Å². The van der Waals surface area contributed by atoms with Gasteiger partial charge in [-0.05, 0) is 37.6 Å². The molecule has 1 aliphatic rings. The minimum absolute atomic E-state index is 0.627. The second-order valence-corrected chi connectivity index (χ2v) is 6.10. The van der Waals surface area contributed by atoms with Crippen LogP contribution in [0, 0.1) is 0 Å². The zero-order valence-corrected chi connectivity index (χ0v) is 11.9. The summed E-state index contributed by atoms with van der Waals surface area (Å²) < 4.78 is 1.16.